The van der Waals surface area contributed by atoms with E-state index in [1.165, 1.54) is 4.68 Å². The van der Waals surface area contributed by atoms with E-state index in [0.717, 1.165) is 25.1 Å². The highest BCUT2D eigenvalue weighted by atomic mass is 16.3. The maximum absolute atomic E-state index is 11.8. The van der Waals surface area contributed by atoms with E-state index in [1.54, 1.807) is 12.3 Å². The van der Waals surface area contributed by atoms with E-state index in [0.29, 0.717) is 13.0 Å². The predicted molar refractivity (Wildman–Crippen MR) is 73.0 cm³/mol. The molecule has 0 spiro atoms. The fourth-order valence-electron chi connectivity index (χ4n) is 1.66. The van der Waals surface area contributed by atoms with E-state index in [9.17, 15) is 9.90 Å². The Morgan fingerprint density at radius 2 is 2.22 bits per heavy atom. The van der Waals surface area contributed by atoms with Crippen LogP contribution >= 0.6 is 0 Å². The minimum Gasteiger partial charge on any atom is -0.393 e. The van der Waals surface area contributed by atoms with Crippen LogP contribution in [-0.4, -0.2) is 34.6 Å². The molecule has 5 nitrogen and oxygen atoms in total. The van der Waals surface area contributed by atoms with E-state index in [-0.39, 0.29) is 11.7 Å². The van der Waals surface area contributed by atoms with Crippen LogP contribution < -0.4 is 10.5 Å². The van der Waals surface area contributed by atoms with Crippen LogP contribution in [-0.2, 0) is 6.54 Å². The van der Waals surface area contributed by atoms with Crippen LogP contribution in [0.4, 0.5) is 5.69 Å². The van der Waals surface area contributed by atoms with E-state index < -0.39 is 0 Å². The fraction of sp³-hybridized carbons (Fsp3) is 0.692. The maximum Gasteiger partial charge on any atom is 0.268 e. The maximum atomic E-state index is 11.8. The SMILES string of the molecule is CCC(O)CCCn1ncc(N(C)CC)cc1=O. The molecular weight excluding hydrogens is 230 g/mol. The summed E-state index contributed by atoms with van der Waals surface area (Å²) in [5.74, 6) is 0. The highest BCUT2D eigenvalue weighted by molar-refractivity contribution is 5.41. The second-order valence-electron chi connectivity index (χ2n) is 4.49. The molecule has 1 rings (SSSR count). The first kappa shape index (κ1) is 14.7. The largest absolute Gasteiger partial charge is 0.393 e. The molecule has 1 unspecified atom stereocenters. The third-order valence-electron chi connectivity index (χ3n) is 3.15. The minimum atomic E-state index is -0.272. The van der Waals surface area contributed by atoms with E-state index in [2.05, 4.69) is 5.10 Å². The molecule has 0 saturated heterocycles. The lowest BCUT2D eigenvalue weighted by Gasteiger charge is -2.16. The van der Waals surface area contributed by atoms with Crippen molar-refractivity contribution in [3.05, 3.63) is 22.6 Å². The number of hydrogen-bond acceptors (Lipinski definition) is 4. The average Bonchev–Trinajstić information content (AvgIpc) is 2.39. The number of rotatable bonds is 7. The first-order valence-corrected chi connectivity index (χ1v) is 6.54. The molecule has 0 radical (unpaired) electrons. The molecule has 0 bridgehead atoms. The van der Waals surface area contributed by atoms with Gasteiger partial charge in [0.1, 0.15) is 0 Å². The summed E-state index contributed by atoms with van der Waals surface area (Å²) in [7, 11) is 1.93. The molecule has 1 atom stereocenters. The standard InChI is InChI=1S/C13H23N3O2/c1-4-12(17)7-6-8-16-13(18)9-11(10-14-16)15(3)5-2/h9-10,12,17H,4-8H2,1-3H3. The van der Waals surface area contributed by atoms with Gasteiger partial charge in [0.05, 0.1) is 18.0 Å². The van der Waals surface area contributed by atoms with Crippen LogP contribution in [0.5, 0.6) is 0 Å². The minimum absolute atomic E-state index is 0.0845. The highest BCUT2D eigenvalue weighted by Crippen LogP contribution is 2.06. The Bertz CT molecular complexity index is 417. The zero-order valence-corrected chi connectivity index (χ0v) is 11.5. The van der Waals surface area contributed by atoms with Gasteiger partial charge in [-0.15, -0.1) is 0 Å². The molecule has 0 aliphatic heterocycles. The van der Waals surface area contributed by atoms with E-state index >= 15 is 0 Å². The Morgan fingerprint density at radius 3 is 2.78 bits per heavy atom. The molecule has 0 aromatic carbocycles. The molecule has 102 valence electrons. The summed E-state index contributed by atoms with van der Waals surface area (Å²) in [6.07, 6.45) is 3.67. The molecule has 0 aliphatic rings. The Hall–Kier alpha value is -1.36. The van der Waals surface area contributed by atoms with Gasteiger partial charge < -0.3 is 10.0 Å². The van der Waals surface area contributed by atoms with Crippen LogP contribution in [0.15, 0.2) is 17.1 Å². The van der Waals surface area contributed by atoms with Crippen molar-refractivity contribution in [1.82, 2.24) is 9.78 Å². The van der Waals surface area contributed by atoms with Gasteiger partial charge in [0.2, 0.25) is 0 Å². The Morgan fingerprint density at radius 1 is 1.50 bits per heavy atom. The summed E-state index contributed by atoms with van der Waals surface area (Å²) in [4.78, 5) is 13.8. The second-order valence-corrected chi connectivity index (χ2v) is 4.49. The van der Waals surface area contributed by atoms with Gasteiger partial charge >= 0.3 is 0 Å². The predicted octanol–water partition coefficient (Wildman–Crippen LogP) is 1.25. The monoisotopic (exact) mass is 253 g/mol. The van der Waals surface area contributed by atoms with Gasteiger partial charge in [-0.2, -0.15) is 5.10 Å². The molecule has 1 aromatic heterocycles. The first-order valence-electron chi connectivity index (χ1n) is 6.54. The van der Waals surface area contributed by atoms with Crippen LogP contribution in [0, 0.1) is 0 Å². The van der Waals surface area contributed by atoms with Gasteiger partial charge in [-0.1, -0.05) is 6.92 Å². The van der Waals surface area contributed by atoms with Gasteiger partial charge in [0, 0.05) is 26.2 Å². The van der Waals surface area contributed by atoms with Crippen molar-refractivity contribution in [3.63, 3.8) is 0 Å². The first-order chi connectivity index (χ1) is 8.58. The number of anilines is 1. The lowest BCUT2D eigenvalue weighted by atomic mass is 10.1. The number of aromatic nitrogens is 2. The van der Waals surface area contributed by atoms with Crippen molar-refractivity contribution < 1.29 is 5.11 Å². The number of nitrogens with zero attached hydrogens (tertiary/aromatic N) is 3. The van der Waals surface area contributed by atoms with Gasteiger partial charge in [-0.25, -0.2) is 4.68 Å². The van der Waals surface area contributed by atoms with E-state index in [4.69, 9.17) is 0 Å². The van der Waals surface area contributed by atoms with Crippen LogP contribution in [0.2, 0.25) is 0 Å². The average molecular weight is 253 g/mol. The van der Waals surface area contributed by atoms with Crippen LogP contribution in [0.25, 0.3) is 0 Å². The number of aliphatic hydroxyl groups excluding tert-OH is 1. The van der Waals surface area contributed by atoms with Crippen molar-refractivity contribution in [2.75, 3.05) is 18.5 Å². The smallest absolute Gasteiger partial charge is 0.268 e. The Kier molecular flexibility index (Phi) is 5.85. The zero-order chi connectivity index (χ0) is 13.5. The lowest BCUT2D eigenvalue weighted by molar-refractivity contribution is 0.155. The number of aliphatic hydroxyl groups is 1. The van der Waals surface area contributed by atoms with Gasteiger partial charge in [0.15, 0.2) is 0 Å². The van der Waals surface area contributed by atoms with E-state index in [1.807, 2.05) is 25.8 Å². The van der Waals surface area contributed by atoms with Crippen molar-refractivity contribution >= 4 is 5.69 Å². The summed E-state index contributed by atoms with van der Waals surface area (Å²) in [6, 6.07) is 1.60. The van der Waals surface area contributed by atoms with Crippen LogP contribution in [0.3, 0.4) is 0 Å². The topological polar surface area (TPSA) is 58.4 Å². The second kappa shape index (κ2) is 7.16. The summed E-state index contributed by atoms with van der Waals surface area (Å²) in [5, 5.41) is 13.6. The normalized spacial score (nSPS) is 12.4. The lowest BCUT2D eigenvalue weighted by Crippen LogP contribution is -2.26. The summed E-state index contributed by atoms with van der Waals surface area (Å²) >= 11 is 0. The number of aryl methyl sites for hydroxylation is 1. The Balaban J connectivity index is 2.60. The molecule has 0 amide bonds. The van der Waals surface area contributed by atoms with Gasteiger partial charge in [0.25, 0.3) is 5.56 Å². The van der Waals surface area contributed by atoms with Crippen LogP contribution in [0.1, 0.15) is 33.1 Å². The molecule has 1 aromatic rings. The number of hydrogen-bond donors (Lipinski definition) is 1. The molecule has 0 saturated carbocycles. The molecule has 5 heteroatoms. The molecule has 18 heavy (non-hydrogen) atoms. The third kappa shape index (κ3) is 4.14. The van der Waals surface area contributed by atoms with Crippen molar-refractivity contribution in [3.8, 4) is 0 Å². The summed E-state index contributed by atoms with van der Waals surface area (Å²) < 4.78 is 1.45. The molecule has 0 fully saturated rings. The van der Waals surface area contributed by atoms with Crippen molar-refractivity contribution in [2.45, 2.75) is 45.8 Å². The summed E-state index contributed by atoms with van der Waals surface area (Å²) in [6.45, 7) is 5.38. The molecule has 0 aliphatic carbocycles. The Labute approximate surface area is 108 Å². The molecule has 1 heterocycles. The van der Waals surface area contributed by atoms with Crippen molar-refractivity contribution in [1.29, 1.82) is 0 Å². The molecular formula is C13H23N3O2. The quantitative estimate of drug-likeness (QED) is 0.794. The third-order valence-corrected chi connectivity index (χ3v) is 3.15. The zero-order valence-electron chi connectivity index (χ0n) is 11.5. The van der Waals surface area contributed by atoms with Gasteiger partial charge in [-0.05, 0) is 26.2 Å². The summed E-state index contributed by atoms with van der Waals surface area (Å²) in [5.41, 5.74) is 0.756. The van der Waals surface area contributed by atoms with Gasteiger partial charge in [-0.3, -0.25) is 4.79 Å². The molecule has 1 N–H and O–H groups in total. The fourth-order valence-corrected chi connectivity index (χ4v) is 1.66. The highest BCUT2D eigenvalue weighted by Gasteiger charge is 2.05. The van der Waals surface area contributed by atoms with Crippen molar-refractivity contribution in [2.24, 2.45) is 0 Å².